The van der Waals surface area contributed by atoms with Crippen molar-refractivity contribution in [2.45, 2.75) is 0 Å². The summed E-state index contributed by atoms with van der Waals surface area (Å²) in [7, 11) is 0. The summed E-state index contributed by atoms with van der Waals surface area (Å²) in [5.41, 5.74) is 13.1. The Hall–Kier alpha value is -7.88. The van der Waals surface area contributed by atoms with Gasteiger partial charge < -0.3 is 13.9 Å². The molecule has 10 aromatic carbocycles. The Morgan fingerprint density at radius 2 is 1.05 bits per heavy atom. The average molecular weight is 753 g/mol. The third kappa shape index (κ3) is 5.36. The van der Waals surface area contributed by atoms with Gasteiger partial charge in [-0.25, -0.2) is 0 Å². The first-order chi connectivity index (χ1) is 29.3. The van der Waals surface area contributed by atoms with Gasteiger partial charge in [-0.15, -0.1) is 0 Å². The molecule has 12 rings (SSSR count). The van der Waals surface area contributed by atoms with Crippen molar-refractivity contribution in [3.05, 3.63) is 218 Å². The maximum Gasteiger partial charge on any atom is 0.143 e. The van der Waals surface area contributed by atoms with Crippen LogP contribution in [0.3, 0.4) is 0 Å². The smallest absolute Gasteiger partial charge is 0.143 e. The third-order valence-corrected chi connectivity index (χ3v) is 11.9. The molecule has 0 saturated carbocycles. The molecule has 0 aliphatic heterocycles. The monoisotopic (exact) mass is 752 g/mol. The highest BCUT2D eigenvalue weighted by molar-refractivity contribution is 6.20. The van der Waals surface area contributed by atoms with Crippen LogP contribution in [0.5, 0.6) is 0 Å². The van der Waals surface area contributed by atoms with Gasteiger partial charge in [0.2, 0.25) is 0 Å². The van der Waals surface area contributed by atoms with Gasteiger partial charge in [0.05, 0.1) is 22.1 Å². The molecule has 2 heterocycles. The summed E-state index contributed by atoms with van der Waals surface area (Å²) in [6, 6.07) is 78.8. The predicted molar refractivity (Wildman–Crippen MR) is 249 cm³/mol. The van der Waals surface area contributed by atoms with E-state index < -0.39 is 0 Å². The van der Waals surface area contributed by atoms with E-state index in [9.17, 15) is 0 Å². The fourth-order valence-corrected chi connectivity index (χ4v) is 9.24. The summed E-state index contributed by atoms with van der Waals surface area (Å²) in [5.74, 6) is 0. The Labute approximate surface area is 341 Å². The van der Waals surface area contributed by atoms with Gasteiger partial charge in [0, 0.05) is 38.6 Å². The van der Waals surface area contributed by atoms with Crippen molar-refractivity contribution in [3.8, 4) is 27.9 Å². The zero-order chi connectivity index (χ0) is 38.9. The van der Waals surface area contributed by atoms with Crippen molar-refractivity contribution in [2.75, 3.05) is 4.90 Å². The van der Waals surface area contributed by atoms with Crippen molar-refractivity contribution in [1.82, 2.24) is 4.57 Å². The van der Waals surface area contributed by atoms with Crippen LogP contribution in [0, 0.1) is 0 Å². The SMILES string of the molecule is c1ccc(-c2cc(N(c3ccc4c(c3)c3ccccc3n4-c3ccccc3)c3cccc4oc5c6ccccc6ccc5c34)ccc2-c2ccc3ccccc3c2)cc1. The van der Waals surface area contributed by atoms with Crippen LogP contribution in [-0.4, -0.2) is 4.57 Å². The van der Waals surface area contributed by atoms with Gasteiger partial charge in [0.25, 0.3) is 0 Å². The number of nitrogens with zero attached hydrogens (tertiary/aromatic N) is 2. The number of anilines is 3. The number of benzene rings is 10. The maximum atomic E-state index is 6.78. The minimum absolute atomic E-state index is 0.858. The second-order valence-electron chi connectivity index (χ2n) is 15.3. The van der Waals surface area contributed by atoms with Crippen molar-refractivity contribution < 1.29 is 4.42 Å². The van der Waals surface area contributed by atoms with Gasteiger partial charge in [-0.3, -0.25) is 0 Å². The van der Waals surface area contributed by atoms with Crippen LogP contribution in [0.4, 0.5) is 17.1 Å². The van der Waals surface area contributed by atoms with Crippen LogP contribution in [-0.2, 0) is 0 Å². The topological polar surface area (TPSA) is 21.3 Å². The highest BCUT2D eigenvalue weighted by Gasteiger charge is 2.23. The molecule has 0 radical (unpaired) electrons. The molecule has 12 aromatic rings. The first-order valence-electron chi connectivity index (χ1n) is 20.2. The molecule has 0 amide bonds. The van der Waals surface area contributed by atoms with E-state index in [-0.39, 0.29) is 0 Å². The number of para-hydroxylation sites is 2. The van der Waals surface area contributed by atoms with Gasteiger partial charge in [-0.2, -0.15) is 0 Å². The van der Waals surface area contributed by atoms with Crippen molar-refractivity contribution >= 4 is 82.4 Å². The molecule has 3 heteroatoms. The second-order valence-corrected chi connectivity index (χ2v) is 15.3. The molecule has 2 aromatic heterocycles. The molecule has 59 heavy (non-hydrogen) atoms. The molecule has 0 spiro atoms. The van der Waals surface area contributed by atoms with Gasteiger partial charge in [-0.05, 0) is 111 Å². The lowest BCUT2D eigenvalue weighted by atomic mass is 9.92. The van der Waals surface area contributed by atoms with Crippen molar-refractivity contribution in [1.29, 1.82) is 0 Å². The van der Waals surface area contributed by atoms with Crippen LogP contribution >= 0.6 is 0 Å². The zero-order valence-electron chi connectivity index (χ0n) is 32.1. The first-order valence-corrected chi connectivity index (χ1v) is 20.2. The first kappa shape index (κ1) is 33.3. The van der Waals surface area contributed by atoms with Gasteiger partial charge in [0.1, 0.15) is 11.2 Å². The number of rotatable bonds is 6. The Morgan fingerprint density at radius 3 is 1.92 bits per heavy atom. The second kappa shape index (κ2) is 13.4. The largest absolute Gasteiger partial charge is 0.455 e. The lowest BCUT2D eigenvalue weighted by Gasteiger charge is -2.28. The van der Waals surface area contributed by atoms with Crippen LogP contribution in [0.25, 0.3) is 93.2 Å². The van der Waals surface area contributed by atoms with E-state index in [4.69, 9.17) is 4.42 Å². The van der Waals surface area contributed by atoms with Crippen LogP contribution in [0.2, 0.25) is 0 Å². The summed E-state index contributed by atoms with van der Waals surface area (Å²) < 4.78 is 9.16. The Morgan fingerprint density at radius 1 is 0.373 bits per heavy atom. The molecule has 0 unspecified atom stereocenters. The molecule has 0 fully saturated rings. The third-order valence-electron chi connectivity index (χ3n) is 11.9. The van der Waals surface area contributed by atoms with Gasteiger partial charge in [0.15, 0.2) is 0 Å². The summed E-state index contributed by atoms with van der Waals surface area (Å²) in [6.07, 6.45) is 0. The van der Waals surface area contributed by atoms with E-state index in [0.29, 0.717) is 0 Å². The summed E-state index contributed by atoms with van der Waals surface area (Å²) >= 11 is 0. The zero-order valence-corrected chi connectivity index (χ0v) is 32.1. The Kier molecular flexibility index (Phi) is 7.54. The molecule has 0 aliphatic rings. The highest BCUT2D eigenvalue weighted by atomic mass is 16.3. The molecule has 0 bridgehead atoms. The molecule has 276 valence electrons. The average Bonchev–Trinajstić information content (AvgIpc) is 3.86. The molecular formula is C56H36N2O. The molecule has 3 nitrogen and oxygen atoms in total. The van der Waals surface area contributed by atoms with Crippen LogP contribution < -0.4 is 4.90 Å². The molecule has 0 aliphatic carbocycles. The Balaban J connectivity index is 1.14. The van der Waals surface area contributed by atoms with E-state index in [1.807, 2.05) is 0 Å². The van der Waals surface area contributed by atoms with Crippen molar-refractivity contribution in [2.24, 2.45) is 0 Å². The highest BCUT2D eigenvalue weighted by Crippen LogP contribution is 2.47. The minimum Gasteiger partial charge on any atom is -0.455 e. The lowest BCUT2D eigenvalue weighted by molar-refractivity contribution is 0.672. The normalized spacial score (nSPS) is 11.7. The van der Waals surface area contributed by atoms with Crippen LogP contribution in [0.1, 0.15) is 0 Å². The van der Waals surface area contributed by atoms with Crippen LogP contribution in [0.15, 0.2) is 223 Å². The minimum atomic E-state index is 0.858. The van der Waals surface area contributed by atoms with E-state index in [0.717, 1.165) is 66.5 Å². The molecule has 0 atom stereocenters. The number of furan rings is 1. The molecule has 0 N–H and O–H groups in total. The molecular weight excluding hydrogens is 717 g/mol. The fraction of sp³-hybridized carbons (Fsp3) is 0. The lowest BCUT2D eigenvalue weighted by Crippen LogP contribution is -2.11. The quantitative estimate of drug-likeness (QED) is 0.169. The number of aromatic nitrogens is 1. The number of fused-ring (bicyclic) bond motifs is 9. The van der Waals surface area contributed by atoms with E-state index in [1.54, 1.807) is 0 Å². The van der Waals surface area contributed by atoms with Gasteiger partial charge in [-0.1, -0.05) is 146 Å². The van der Waals surface area contributed by atoms with Crippen molar-refractivity contribution in [3.63, 3.8) is 0 Å². The van der Waals surface area contributed by atoms with E-state index in [1.165, 1.54) is 43.8 Å². The number of hydrogen-bond acceptors (Lipinski definition) is 2. The number of hydrogen-bond donors (Lipinski definition) is 0. The summed E-state index contributed by atoms with van der Waals surface area (Å²) in [5, 5.41) is 9.31. The van der Waals surface area contributed by atoms with E-state index in [2.05, 4.69) is 228 Å². The predicted octanol–water partition coefficient (Wildman–Crippen LogP) is 15.8. The summed E-state index contributed by atoms with van der Waals surface area (Å²) in [6.45, 7) is 0. The maximum absolute atomic E-state index is 6.78. The summed E-state index contributed by atoms with van der Waals surface area (Å²) in [4.78, 5) is 2.43. The van der Waals surface area contributed by atoms with Gasteiger partial charge >= 0.3 is 0 Å². The molecule has 0 saturated heterocycles. The standard InChI is InChI=1S/C56H36N2O/c1-3-15-38(16-4-1)49-35-43(29-32-45(49)41-27-26-37-14-7-8-18-40(37)34-41)57(53-24-13-25-54-55(53)48-31-28-39-17-9-10-21-46(39)56(48)59-54)44-30-33-52-50(36-44)47-22-11-12-23-51(47)58(52)42-19-5-2-6-20-42/h1-36H. The van der Waals surface area contributed by atoms with E-state index >= 15 is 0 Å². The fourth-order valence-electron chi connectivity index (χ4n) is 9.24. The Bertz CT molecular complexity index is 3560.